The molecule has 2 N–H and O–H groups in total. The van der Waals surface area contributed by atoms with Gasteiger partial charge < -0.3 is 15.5 Å². The lowest BCUT2D eigenvalue weighted by molar-refractivity contribution is 0.0696. The highest BCUT2D eigenvalue weighted by Gasteiger charge is 2.25. The zero-order valence-corrected chi connectivity index (χ0v) is 11.4. The third-order valence-corrected chi connectivity index (χ3v) is 3.55. The SMILES string of the molecule is CC1CN(C)CCCN1C(=O)c1ccc(F)c(N)c1. The Labute approximate surface area is 113 Å². The molecule has 5 heteroatoms. The van der Waals surface area contributed by atoms with Crippen molar-refractivity contribution in [1.82, 2.24) is 9.80 Å². The molecule has 1 amide bonds. The van der Waals surface area contributed by atoms with Crippen molar-refractivity contribution in [2.24, 2.45) is 0 Å². The molecule has 1 unspecified atom stereocenters. The highest BCUT2D eigenvalue weighted by molar-refractivity contribution is 5.95. The third-order valence-electron chi connectivity index (χ3n) is 3.55. The Morgan fingerprint density at radius 1 is 1.42 bits per heavy atom. The Kier molecular flexibility index (Phi) is 4.04. The summed E-state index contributed by atoms with van der Waals surface area (Å²) in [4.78, 5) is 16.5. The van der Waals surface area contributed by atoms with Crippen LogP contribution in [0.1, 0.15) is 23.7 Å². The van der Waals surface area contributed by atoms with Crippen LogP contribution in [0, 0.1) is 5.82 Å². The van der Waals surface area contributed by atoms with Crippen LogP contribution in [0.15, 0.2) is 18.2 Å². The Hall–Kier alpha value is -1.62. The van der Waals surface area contributed by atoms with Crippen LogP contribution in [0.4, 0.5) is 10.1 Å². The maximum atomic E-state index is 13.1. The van der Waals surface area contributed by atoms with Gasteiger partial charge in [-0.25, -0.2) is 4.39 Å². The molecule has 1 aromatic carbocycles. The molecule has 0 spiro atoms. The van der Waals surface area contributed by atoms with Crippen molar-refractivity contribution in [1.29, 1.82) is 0 Å². The number of hydrogen-bond donors (Lipinski definition) is 1. The summed E-state index contributed by atoms with van der Waals surface area (Å²) in [5.74, 6) is -0.560. The fourth-order valence-electron chi connectivity index (χ4n) is 2.52. The van der Waals surface area contributed by atoms with E-state index in [9.17, 15) is 9.18 Å². The van der Waals surface area contributed by atoms with E-state index < -0.39 is 5.82 Å². The van der Waals surface area contributed by atoms with Gasteiger partial charge in [0, 0.05) is 24.7 Å². The quantitative estimate of drug-likeness (QED) is 0.784. The van der Waals surface area contributed by atoms with Gasteiger partial charge in [-0.3, -0.25) is 4.79 Å². The number of benzene rings is 1. The number of amides is 1. The summed E-state index contributed by atoms with van der Waals surface area (Å²) in [6, 6.07) is 4.30. The van der Waals surface area contributed by atoms with Crippen molar-refractivity contribution in [3.05, 3.63) is 29.6 Å². The number of rotatable bonds is 1. The molecule has 1 aliphatic rings. The molecule has 1 aromatic rings. The molecular weight excluding hydrogens is 245 g/mol. The first-order chi connectivity index (χ1) is 8.99. The molecule has 2 rings (SSSR count). The molecule has 1 heterocycles. The maximum Gasteiger partial charge on any atom is 0.254 e. The van der Waals surface area contributed by atoms with Gasteiger partial charge in [-0.2, -0.15) is 0 Å². The van der Waals surface area contributed by atoms with E-state index in [1.807, 2.05) is 11.8 Å². The smallest absolute Gasteiger partial charge is 0.254 e. The molecule has 0 aromatic heterocycles. The summed E-state index contributed by atoms with van der Waals surface area (Å²) in [7, 11) is 2.06. The van der Waals surface area contributed by atoms with Crippen molar-refractivity contribution in [3.63, 3.8) is 0 Å². The summed E-state index contributed by atoms with van der Waals surface area (Å²) in [6.45, 7) is 4.59. The van der Waals surface area contributed by atoms with Gasteiger partial charge >= 0.3 is 0 Å². The van der Waals surface area contributed by atoms with Crippen LogP contribution in [-0.2, 0) is 0 Å². The van der Waals surface area contributed by atoms with E-state index in [2.05, 4.69) is 11.9 Å². The number of hydrogen-bond acceptors (Lipinski definition) is 3. The highest BCUT2D eigenvalue weighted by Crippen LogP contribution is 2.17. The molecule has 0 aliphatic carbocycles. The van der Waals surface area contributed by atoms with Crippen LogP contribution in [0.25, 0.3) is 0 Å². The fraction of sp³-hybridized carbons (Fsp3) is 0.500. The fourth-order valence-corrected chi connectivity index (χ4v) is 2.52. The number of halogens is 1. The average molecular weight is 265 g/mol. The average Bonchev–Trinajstić information content (AvgIpc) is 2.52. The molecule has 0 radical (unpaired) electrons. The van der Waals surface area contributed by atoms with Crippen molar-refractivity contribution < 1.29 is 9.18 Å². The monoisotopic (exact) mass is 265 g/mol. The second kappa shape index (κ2) is 5.57. The molecule has 1 saturated heterocycles. The van der Waals surface area contributed by atoms with Gasteiger partial charge in [0.1, 0.15) is 5.82 Å². The number of carbonyl (C=O) groups excluding carboxylic acids is 1. The van der Waals surface area contributed by atoms with E-state index in [4.69, 9.17) is 5.73 Å². The van der Waals surface area contributed by atoms with Gasteiger partial charge in [0.2, 0.25) is 0 Å². The minimum Gasteiger partial charge on any atom is -0.396 e. The normalized spacial score (nSPS) is 21.2. The van der Waals surface area contributed by atoms with Gasteiger partial charge in [0.25, 0.3) is 5.91 Å². The first-order valence-corrected chi connectivity index (χ1v) is 6.53. The van der Waals surface area contributed by atoms with Crippen molar-refractivity contribution in [2.75, 3.05) is 32.4 Å². The molecular formula is C14H20FN3O. The van der Waals surface area contributed by atoms with Crippen LogP contribution in [0.5, 0.6) is 0 Å². The predicted octanol–water partition coefficient (Wildman–Crippen LogP) is 1.57. The Balaban J connectivity index is 2.20. The minimum atomic E-state index is -0.486. The number of carbonyl (C=O) groups is 1. The highest BCUT2D eigenvalue weighted by atomic mass is 19.1. The van der Waals surface area contributed by atoms with E-state index >= 15 is 0 Å². The van der Waals surface area contributed by atoms with Crippen LogP contribution in [0.2, 0.25) is 0 Å². The van der Waals surface area contributed by atoms with Crippen molar-refractivity contribution >= 4 is 11.6 Å². The van der Waals surface area contributed by atoms with Gasteiger partial charge in [-0.05, 0) is 45.1 Å². The third kappa shape index (κ3) is 3.04. The Morgan fingerprint density at radius 2 is 2.16 bits per heavy atom. The minimum absolute atomic E-state index is 0.0189. The van der Waals surface area contributed by atoms with Crippen LogP contribution < -0.4 is 5.73 Å². The molecule has 0 bridgehead atoms. The first kappa shape index (κ1) is 13.8. The standard InChI is InChI=1S/C14H20FN3O/c1-10-9-17(2)6-3-7-18(10)14(19)11-4-5-12(15)13(16)8-11/h4-5,8,10H,3,6-7,9,16H2,1-2H3. The van der Waals surface area contributed by atoms with Crippen LogP contribution >= 0.6 is 0 Å². The summed E-state index contributed by atoms with van der Waals surface area (Å²) in [5.41, 5.74) is 5.99. The molecule has 104 valence electrons. The Bertz CT molecular complexity index is 478. The molecule has 0 saturated carbocycles. The predicted molar refractivity (Wildman–Crippen MR) is 73.4 cm³/mol. The number of likely N-dealkylation sites (N-methyl/N-ethyl adjacent to an activating group) is 1. The lowest BCUT2D eigenvalue weighted by Gasteiger charge is -2.28. The molecule has 19 heavy (non-hydrogen) atoms. The zero-order chi connectivity index (χ0) is 14.0. The molecule has 4 nitrogen and oxygen atoms in total. The molecule has 1 fully saturated rings. The maximum absolute atomic E-state index is 13.1. The number of nitrogens with zero attached hydrogens (tertiary/aromatic N) is 2. The van der Waals surface area contributed by atoms with E-state index in [1.165, 1.54) is 18.2 Å². The zero-order valence-electron chi connectivity index (χ0n) is 11.4. The first-order valence-electron chi connectivity index (χ1n) is 6.53. The number of anilines is 1. The Morgan fingerprint density at radius 3 is 2.84 bits per heavy atom. The van der Waals surface area contributed by atoms with Gasteiger partial charge in [0.15, 0.2) is 0 Å². The van der Waals surface area contributed by atoms with E-state index in [0.29, 0.717) is 5.56 Å². The number of nitrogen functional groups attached to an aromatic ring is 1. The summed E-state index contributed by atoms with van der Waals surface area (Å²) < 4.78 is 13.1. The number of nitrogens with two attached hydrogens (primary N) is 1. The molecule has 1 atom stereocenters. The van der Waals surface area contributed by atoms with Crippen LogP contribution in [0.3, 0.4) is 0 Å². The van der Waals surface area contributed by atoms with Gasteiger partial charge in [0.05, 0.1) is 5.69 Å². The van der Waals surface area contributed by atoms with E-state index in [0.717, 1.165) is 26.1 Å². The van der Waals surface area contributed by atoms with Crippen molar-refractivity contribution in [3.8, 4) is 0 Å². The lowest BCUT2D eigenvalue weighted by atomic mass is 10.1. The van der Waals surface area contributed by atoms with E-state index in [1.54, 1.807) is 0 Å². The van der Waals surface area contributed by atoms with Gasteiger partial charge in [-0.1, -0.05) is 0 Å². The van der Waals surface area contributed by atoms with E-state index in [-0.39, 0.29) is 17.6 Å². The summed E-state index contributed by atoms with van der Waals surface area (Å²) >= 11 is 0. The summed E-state index contributed by atoms with van der Waals surface area (Å²) in [6.07, 6.45) is 0.948. The van der Waals surface area contributed by atoms with Gasteiger partial charge in [-0.15, -0.1) is 0 Å². The topological polar surface area (TPSA) is 49.6 Å². The second-order valence-corrected chi connectivity index (χ2v) is 5.20. The van der Waals surface area contributed by atoms with Crippen LogP contribution in [-0.4, -0.2) is 48.4 Å². The lowest BCUT2D eigenvalue weighted by Crippen LogP contribution is -2.42. The van der Waals surface area contributed by atoms with Crippen molar-refractivity contribution in [2.45, 2.75) is 19.4 Å². The molecule has 1 aliphatic heterocycles. The largest absolute Gasteiger partial charge is 0.396 e. The summed E-state index contributed by atoms with van der Waals surface area (Å²) in [5, 5.41) is 0. The second-order valence-electron chi connectivity index (χ2n) is 5.20.